The molecule has 1 N–H and O–H groups in total. The van der Waals surface area contributed by atoms with Gasteiger partial charge in [-0.05, 0) is 36.8 Å². The molecule has 0 spiro atoms. The van der Waals surface area contributed by atoms with Crippen molar-refractivity contribution in [1.29, 1.82) is 0 Å². The fourth-order valence-electron chi connectivity index (χ4n) is 3.51. The van der Waals surface area contributed by atoms with E-state index in [1.165, 1.54) is 4.90 Å². The molecule has 1 heterocycles. The lowest BCUT2D eigenvalue weighted by Crippen LogP contribution is -2.29. The first-order valence-electron chi connectivity index (χ1n) is 9.16. The first-order chi connectivity index (χ1) is 14.0. The van der Waals surface area contributed by atoms with Crippen molar-refractivity contribution in [1.82, 2.24) is 0 Å². The number of nitrogens with zero attached hydrogens (tertiary/aromatic N) is 1. The van der Waals surface area contributed by atoms with Crippen molar-refractivity contribution in [2.24, 2.45) is 0 Å². The zero-order valence-corrected chi connectivity index (χ0v) is 16.4. The number of amides is 1. The lowest BCUT2D eigenvalue weighted by molar-refractivity contribution is -0.132. The van der Waals surface area contributed by atoms with Gasteiger partial charge in [-0.3, -0.25) is 14.5 Å². The van der Waals surface area contributed by atoms with Gasteiger partial charge >= 0.3 is 0 Å². The van der Waals surface area contributed by atoms with E-state index in [0.29, 0.717) is 21.8 Å². The molecule has 0 radical (unpaired) electrons. The quantitative estimate of drug-likeness (QED) is 0.368. The molecule has 4 rings (SSSR count). The Balaban J connectivity index is 1.94. The number of hydrogen-bond acceptors (Lipinski definition) is 3. The number of aryl methyl sites for hydroxylation is 1. The Morgan fingerprint density at radius 1 is 0.897 bits per heavy atom. The highest BCUT2D eigenvalue weighted by atomic mass is 35.5. The second-order valence-corrected chi connectivity index (χ2v) is 7.36. The summed E-state index contributed by atoms with van der Waals surface area (Å²) >= 11 is 6.03. The van der Waals surface area contributed by atoms with Crippen LogP contribution in [0.15, 0.2) is 84.4 Å². The number of benzene rings is 3. The molecule has 1 atom stereocenters. The second-order valence-electron chi connectivity index (χ2n) is 6.92. The molecule has 29 heavy (non-hydrogen) atoms. The van der Waals surface area contributed by atoms with Gasteiger partial charge < -0.3 is 5.11 Å². The van der Waals surface area contributed by atoms with Crippen LogP contribution in [0, 0.1) is 6.92 Å². The fraction of sp³-hybridized carbons (Fsp3) is 0.0833. The Hall–Kier alpha value is -3.37. The number of aliphatic hydroxyl groups is 1. The topological polar surface area (TPSA) is 57.6 Å². The smallest absolute Gasteiger partial charge is 0.300 e. The molecule has 3 aromatic rings. The predicted octanol–water partition coefficient (Wildman–Crippen LogP) is 5.27. The van der Waals surface area contributed by atoms with Crippen molar-refractivity contribution >= 4 is 34.7 Å². The molecule has 1 fully saturated rings. The highest BCUT2D eigenvalue weighted by molar-refractivity contribution is 6.51. The van der Waals surface area contributed by atoms with Crippen LogP contribution >= 0.6 is 11.6 Å². The van der Waals surface area contributed by atoms with Gasteiger partial charge in [0.2, 0.25) is 0 Å². The summed E-state index contributed by atoms with van der Waals surface area (Å²) in [5.41, 5.74) is 2.84. The minimum atomic E-state index is -0.754. The van der Waals surface area contributed by atoms with E-state index in [-0.39, 0.29) is 11.3 Å². The molecule has 3 aromatic carbocycles. The van der Waals surface area contributed by atoms with Gasteiger partial charge in [0.05, 0.1) is 11.6 Å². The van der Waals surface area contributed by atoms with Crippen molar-refractivity contribution in [2.75, 3.05) is 4.90 Å². The number of ketones is 1. The highest BCUT2D eigenvalue weighted by Gasteiger charge is 2.46. The Morgan fingerprint density at radius 3 is 2.14 bits per heavy atom. The van der Waals surface area contributed by atoms with Crippen LogP contribution in [0.25, 0.3) is 5.76 Å². The summed E-state index contributed by atoms with van der Waals surface area (Å²) in [4.78, 5) is 27.4. The SMILES string of the molecule is Cc1ccc(C(O)=C2C(=O)C(=O)N(c3ccccc3)[C@@H]2c2ccc(Cl)cc2)cc1. The van der Waals surface area contributed by atoms with Crippen molar-refractivity contribution in [2.45, 2.75) is 13.0 Å². The summed E-state index contributed by atoms with van der Waals surface area (Å²) in [6.45, 7) is 1.94. The number of aliphatic hydroxyl groups excluding tert-OH is 1. The van der Waals surface area contributed by atoms with Gasteiger partial charge in [-0.2, -0.15) is 0 Å². The largest absolute Gasteiger partial charge is 0.507 e. The lowest BCUT2D eigenvalue weighted by Gasteiger charge is -2.25. The van der Waals surface area contributed by atoms with Crippen LogP contribution < -0.4 is 4.90 Å². The summed E-state index contributed by atoms with van der Waals surface area (Å²) in [7, 11) is 0. The van der Waals surface area contributed by atoms with E-state index < -0.39 is 17.7 Å². The lowest BCUT2D eigenvalue weighted by atomic mass is 9.95. The number of hydrogen-bond donors (Lipinski definition) is 1. The van der Waals surface area contributed by atoms with Crippen LogP contribution in [-0.2, 0) is 9.59 Å². The minimum Gasteiger partial charge on any atom is -0.507 e. The third-order valence-corrected chi connectivity index (χ3v) is 5.24. The molecular weight excluding hydrogens is 386 g/mol. The van der Waals surface area contributed by atoms with Crippen LogP contribution in [0.3, 0.4) is 0 Å². The number of halogens is 1. The van der Waals surface area contributed by atoms with Crippen LogP contribution in [-0.4, -0.2) is 16.8 Å². The maximum atomic E-state index is 13.0. The van der Waals surface area contributed by atoms with Gasteiger partial charge in [0.25, 0.3) is 11.7 Å². The monoisotopic (exact) mass is 403 g/mol. The summed E-state index contributed by atoms with van der Waals surface area (Å²) in [6, 6.07) is 22.3. The maximum absolute atomic E-state index is 13.0. The number of anilines is 1. The molecular formula is C24H18ClNO3. The number of Topliss-reactive ketones (excluding diaryl/α,β-unsaturated/α-hetero) is 1. The van der Waals surface area contributed by atoms with Crippen LogP contribution in [0.1, 0.15) is 22.7 Å². The van der Waals surface area contributed by atoms with Crippen molar-refractivity contribution in [3.05, 3.63) is 106 Å². The molecule has 0 bridgehead atoms. The molecule has 0 aromatic heterocycles. The third-order valence-electron chi connectivity index (χ3n) is 4.99. The fourth-order valence-corrected chi connectivity index (χ4v) is 3.64. The molecule has 1 amide bonds. The summed E-state index contributed by atoms with van der Waals surface area (Å²) in [5, 5.41) is 11.5. The van der Waals surface area contributed by atoms with Gasteiger partial charge in [0.15, 0.2) is 0 Å². The van der Waals surface area contributed by atoms with Gasteiger partial charge in [-0.25, -0.2) is 0 Å². The number of carbonyl (C=O) groups excluding carboxylic acids is 2. The average Bonchev–Trinajstić information content (AvgIpc) is 3.00. The standard InChI is InChI=1S/C24H18ClNO3/c1-15-7-9-17(10-8-15)22(27)20-21(16-11-13-18(25)14-12-16)26(24(29)23(20)28)19-5-3-2-4-6-19/h2-14,21,27H,1H3/t21-/m1/s1. The molecule has 0 aliphatic carbocycles. The molecule has 1 saturated heterocycles. The predicted molar refractivity (Wildman–Crippen MR) is 114 cm³/mol. The zero-order valence-electron chi connectivity index (χ0n) is 15.7. The number of para-hydroxylation sites is 1. The van der Waals surface area contributed by atoms with E-state index in [1.807, 2.05) is 25.1 Å². The van der Waals surface area contributed by atoms with Gasteiger partial charge in [0.1, 0.15) is 5.76 Å². The molecule has 1 aliphatic heterocycles. The molecule has 1 aliphatic rings. The van der Waals surface area contributed by atoms with Crippen molar-refractivity contribution in [3.63, 3.8) is 0 Å². The molecule has 144 valence electrons. The Morgan fingerprint density at radius 2 is 1.52 bits per heavy atom. The highest BCUT2D eigenvalue weighted by Crippen LogP contribution is 2.42. The van der Waals surface area contributed by atoms with Gasteiger partial charge in [-0.1, -0.05) is 71.8 Å². The van der Waals surface area contributed by atoms with Crippen molar-refractivity contribution < 1.29 is 14.7 Å². The van der Waals surface area contributed by atoms with E-state index in [4.69, 9.17) is 11.6 Å². The zero-order chi connectivity index (χ0) is 20.5. The van der Waals surface area contributed by atoms with Crippen molar-refractivity contribution in [3.8, 4) is 0 Å². The van der Waals surface area contributed by atoms with E-state index in [0.717, 1.165) is 5.56 Å². The molecule has 0 saturated carbocycles. The number of rotatable bonds is 3. The average molecular weight is 404 g/mol. The minimum absolute atomic E-state index is 0.0602. The van der Waals surface area contributed by atoms with Gasteiger partial charge in [0, 0.05) is 16.3 Å². The number of carbonyl (C=O) groups is 2. The summed E-state index contributed by atoms with van der Waals surface area (Å²) < 4.78 is 0. The normalized spacial score (nSPS) is 18.3. The van der Waals surface area contributed by atoms with Gasteiger partial charge in [-0.15, -0.1) is 0 Å². The van der Waals surface area contributed by atoms with E-state index in [9.17, 15) is 14.7 Å². The molecule has 0 unspecified atom stereocenters. The van der Waals surface area contributed by atoms with Crippen LogP contribution in [0.4, 0.5) is 5.69 Å². The second kappa shape index (κ2) is 7.57. The first kappa shape index (κ1) is 19.0. The Labute approximate surface area is 173 Å². The van der Waals surface area contributed by atoms with E-state index in [2.05, 4.69) is 0 Å². The van der Waals surface area contributed by atoms with Crippen LogP contribution in [0.5, 0.6) is 0 Å². The Bertz CT molecular complexity index is 1100. The van der Waals surface area contributed by atoms with E-state index in [1.54, 1.807) is 60.7 Å². The molecule has 4 nitrogen and oxygen atoms in total. The summed E-state index contributed by atoms with van der Waals surface area (Å²) in [5.74, 6) is -1.58. The molecule has 5 heteroatoms. The Kier molecular flexibility index (Phi) is 4.95. The third kappa shape index (κ3) is 3.43. The summed E-state index contributed by atoms with van der Waals surface area (Å²) in [6.07, 6.45) is 0. The van der Waals surface area contributed by atoms with Crippen LogP contribution in [0.2, 0.25) is 5.02 Å². The maximum Gasteiger partial charge on any atom is 0.300 e. The first-order valence-corrected chi connectivity index (χ1v) is 9.53. The van der Waals surface area contributed by atoms with E-state index >= 15 is 0 Å².